The zero-order valence-electron chi connectivity index (χ0n) is 16.7. The van der Waals surface area contributed by atoms with Gasteiger partial charge in [-0.2, -0.15) is 0 Å². The standard InChI is InChI=1S/C22H24N2O4S/c1-15-8-10-18(11-9-15)22-24-20(17(3)28-22)13-29(26,27)14-21(25)23-12-19-7-5-4-6-16(19)2/h4-11H,12-14H2,1-3H3,(H,23,25). The molecule has 0 unspecified atom stereocenters. The van der Waals surface area contributed by atoms with Gasteiger partial charge in [0, 0.05) is 12.1 Å². The van der Waals surface area contributed by atoms with Crippen LogP contribution in [0.1, 0.15) is 28.1 Å². The van der Waals surface area contributed by atoms with Crippen LogP contribution in [0.4, 0.5) is 0 Å². The zero-order chi connectivity index (χ0) is 21.0. The third-order valence-corrected chi connectivity index (χ3v) is 6.05. The van der Waals surface area contributed by atoms with Crippen molar-refractivity contribution in [2.24, 2.45) is 0 Å². The number of nitrogens with one attached hydrogen (secondary N) is 1. The highest BCUT2D eigenvalue weighted by molar-refractivity contribution is 7.91. The van der Waals surface area contributed by atoms with Gasteiger partial charge in [-0.1, -0.05) is 42.0 Å². The molecule has 0 fully saturated rings. The second-order valence-electron chi connectivity index (χ2n) is 7.12. The summed E-state index contributed by atoms with van der Waals surface area (Å²) in [5.41, 5.74) is 4.20. The SMILES string of the molecule is Cc1ccc(-c2nc(CS(=O)(=O)CC(=O)NCc3ccccc3C)c(C)o2)cc1. The molecule has 0 aliphatic carbocycles. The number of aromatic nitrogens is 1. The van der Waals surface area contributed by atoms with Crippen molar-refractivity contribution in [1.29, 1.82) is 0 Å². The Morgan fingerprint density at radius 1 is 1.03 bits per heavy atom. The van der Waals surface area contributed by atoms with Crippen LogP contribution in [0.25, 0.3) is 11.5 Å². The van der Waals surface area contributed by atoms with Crippen molar-refractivity contribution in [2.45, 2.75) is 33.1 Å². The van der Waals surface area contributed by atoms with Gasteiger partial charge in [0.2, 0.25) is 11.8 Å². The maximum atomic E-state index is 12.5. The minimum Gasteiger partial charge on any atom is -0.441 e. The molecule has 0 saturated carbocycles. The minimum absolute atomic E-state index is 0.293. The van der Waals surface area contributed by atoms with E-state index in [-0.39, 0.29) is 5.75 Å². The smallest absolute Gasteiger partial charge is 0.235 e. The highest BCUT2D eigenvalue weighted by atomic mass is 32.2. The number of benzene rings is 2. The summed E-state index contributed by atoms with van der Waals surface area (Å²) in [6.45, 7) is 5.89. The van der Waals surface area contributed by atoms with E-state index in [4.69, 9.17) is 4.42 Å². The van der Waals surface area contributed by atoms with Gasteiger partial charge in [0.15, 0.2) is 9.84 Å². The van der Waals surface area contributed by atoms with Crippen molar-refractivity contribution < 1.29 is 17.6 Å². The van der Waals surface area contributed by atoms with Crippen LogP contribution in [0, 0.1) is 20.8 Å². The lowest BCUT2D eigenvalue weighted by Crippen LogP contribution is -2.30. The molecule has 1 amide bonds. The number of sulfone groups is 1. The molecule has 6 nitrogen and oxygen atoms in total. The Morgan fingerprint density at radius 3 is 2.41 bits per heavy atom. The predicted octanol–water partition coefficient (Wildman–Crippen LogP) is 3.50. The average molecular weight is 413 g/mol. The van der Waals surface area contributed by atoms with Gasteiger partial charge >= 0.3 is 0 Å². The molecule has 3 aromatic rings. The van der Waals surface area contributed by atoms with Gasteiger partial charge < -0.3 is 9.73 Å². The molecule has 1 heterocycles. The van der Waals surface area contributed by atoms with Crippen LogP contribution in [-0.2, 0) is 26.9 Å². The highest BCUT2D eigenvalue weighted by Crippen LogP contribution is 2.23. The summed E-state index contributed by atoms with van der Waals surface area (Å²) in [6, 6.07) is 15.2. The number of hydrogen-bond acceptors (Lipinski definition) is 5. The molecule has 2 aromatic carbocycles. The molecule has 0 bridgehead atoms. The summed E-state index contributed by atoms with van der Waals surface area (Å²) in [4.78, 5) is 16.5. The number of carbonyl (C=O) groups excluding carboxylic acids is 1. The van der Waals surface area contributed by atoms with Gasteiger partial charge in [-0.3, -0.25) is 4.79 Å². The third-order valence-electron chi connectivity index (χ3n) is 4.64. The predicted molar refractivity (Wildman–Crippen MR) is 112 cm³/mol. The van der Waals surface area contributed by atoms with Crippen molar-refractivity contribution >= 4 is 15.7 Å². The van der Waals surface area contributed by atoms with Crippen molar-refractivity contribution in [3.63, 3.8) is 0 Å². The Morgan fingerprint density at radius 2 is 1.72 bits per heavy atom. The van der Waals surface area contributed by atoms with Gasteiger partial charge in [0.05, 0.1) is 11.4 Å². The Hall–Kier alpha value is -2.93. The number of aryl methyl sites for hydroxylation is 3. The third kappa shape index (κ3) is 5.54. The van der Waals surface area contributed by atoms with Gasteiger partial charge in [0.1, 0.15) is 11.5 Å². The van der Waals surface area contributed by atoms with Crippen molar-refractivity contribution in [2.75, 3.05) is 5.75 Å². The van der Waals surface area contributed by atoms with Crippen molar-refractivity contribution in [3.05, 3.63) is 76.7 Å². The van der Waals surface area contributed by atoms with E-state index in [0.29, 0.717) is 23.9 Å². The maximum absolute atomic E-state index is 12.5. The summed E-state index contributed by atoms with van der Waals surface area (Å²) < 4.78 is 30.6. The number of rotatable bonds is 7. The van der Waals surface area contributed by atoms with E-state index in [1.54, 1.807) is 6.92 Å². The normalized spacial score (nSPS) is 11.4. The molecule has 1 aromatic heterocycles. The van der Waals surface area contributed by atoms with Gasteiger partial charge in [-0.05, 0) is 44.0 Å². The number of oxazole rings is 1. The first-order valence-electron chi connectivity index (χ1n) is 9.28. The Balaban J connectivity index is 1.64. The average Bonchev–Trinajstić information content (AvgIpc) is 3.01. The van der Waals surface area contributed by atoms with E-state index in [9.17, 15) is 13.2 Å². The van der Waals surface area contributed by atoms with Crippen molar-refractivity contribution in [1.82, 2.24) is 10.3 Å². The monoisotopic (exact) mass is 412 g/mol. The molecule has 0 saturated heterocycles. The first kappa shape index (κ1) is 20.8. The number of nitrogens with zero attached hydrogens (tertiary/aromatic N) is 1. The molecule has 0 atom stereocenters. The van der Waals surface area contributed by atoms with Crippen LogP contribution in [-0.4, -0.2) is 25.1 Å². The molecule has 29 heavy (non-hydrogen) atoms. The van der Waals surface area contributed by atoms with E-state index >= 15 is 0 Å². The fourth-order valence-corrected chi connectivity index (χ4v) is 4.18. The van der Waals surface area contributed by atoms with E-state index in [1.165, 1.54) is 0 Å². The van der Waals surface area contributed by atoms with Crippen LogP contribution in [0.2, 0.25) is 0 Å². The van der Waals surface area contributed by atoms with E-state index in [2.05, 4.69) is 10.3 Å². The van der Waals surface area contributed by atoms with Crippen LogP contribution in [0.15, 0.2) is 52.9 Å². The van der Waals surface area contributed by atoms with Gasteiger partial charge in [-0.15, -0.1) is 0 Å². The summed E-state index contributed by atoms with van der Waals surface area (Å²) >= 11 is 0. The Labute approximate surface area is 170 Å². The molecule has 0 aliphatic heterocycles. The quantitative estimate of drug-likeness (QED) is 0.642. The van der Waals surface area contributed by atoms with Crippen LogP contribution in [0.5, 0.6) is 0 Å². The largest absolute Gasteiger partial charge is 0.441 e. The molecule has 0 aliphatic rings. The minimum atomic E-state index is -3.68. The molecule has 3 rings (SSSR count). The summed E-state index contributed by atoms with van der Waals surface area (Å²) in [5.74, 6) is -0.661. The molecule has 1 N–H and O–H groups in total. The lowest BCUT2D eigenvalue weighted by atomic mass is 10.1. The molecule has 152 valence electrons. The highest BCUT2D eigenvalue weighted by Gasteiger charge is 2.22. The summed E-state index contributed by atoms with van der Waals surface area (Å²) in [7, 11) is -3.68. The Kier molecular flexibility index (Phi) is 6.17. The lowest BCUT2D eigenvalue weighted by Gasteiger charge is -2.08. The fourth-order valence-electron chi connectivity index (χ4n) is 2.89. The van der Waals surface area contributed by atoms with Gasteiger partial charge in [-0.25, -0.2) is 13.4 Å². The second-order valence-corrected chi connectivity index (χ2v) is 9.19. The number of amides is 1. The van der Waals surface area contributed by atoms with Gasteiger partial charge in [0.25, 0.3) is 0 Å². The van der Waals surface area contributed by atoms with Crippen LogP contribution < -0.4 is 5.32 Å². The molecule has 0 radical (unpaired) electrons. The number of hydrogen-bond donors (Lipinski definition) is 1. The molecule has 7 heteroatoms. The first-order valence-corrected chi connectivity index (χ1v) is 11.1. The van der Waals surface area contributed by atoms with E-state index in [1.807, 2.05) is 62.4 Å². The van der Waals surface area contributed by atoms with Crippen molar-refractivity contribution in [3.8, 4) is 11.5 Å². The number of carbonyl (C=O) groups is 1. The van der Waals surface area contributed by atoms with E-state index < -0.39 is 21.5 Å². The first-order chi connectivity index (χ1) is 13.7. The Bertz CT molecular complexity index is 1120. The molecular weight excluding hydrogens is 388 g/mol. The summed E-state index contributed by atoms with van der Waals surface area (Å²) in [5, 5.41) is 2.67. The summed E-state index contributed by atoms with van der Waals surface area (Å²) in [6.07, 6.45) is 0. The van der Waals surface area contributed by atoms with Crippen LogP contribution in [0.3, 0.4) is 0 Å². The van der Waals surface area contributed by atoms with Crippen LogP contribution >= 0.6 is 0 Å². The fraction of sp³-hybridized carbons (Fsp3) is 0.273. The maximum Gasteiger partial charge on any atom is 0.235 e. The molecular formula is C22H24N2O4S. The molecule has 0 spiro atoms. The topological polar surface area (TPSA) is 89.3 Å². The zero-order valence-corrected chi connectivity index (χ0v) is 17.5. The van der Waals surface area contributed by atoms with E-state index in [0.717, 1.165) is 22.3 Å². The lowest BCUT2D eigenvalue weighted by molar-refractivity contribution is -0.118. The second kappa shape index (κ2) is 8.61.